The average Bonchev–Trinajstić information content (AvgIpc) is 3.17. The van der Waals surface area contributed by atoms with Crippen LogP contribution in [-0.4, -0.2) is 43.9 Å². The van der Waals surface area contributed by atoms with Gasteiger partial charge in [-0.2, -0.15) is 0 Å². The zero-order valence-electron chi connectivity index (χ0n) is 13.9. The molecule has 0 aromatic carbocycles. The Morgan fingerprint density at radius 2 is 2.21 bits per heavy atom. The van der Waals surface area contributed by atoms with Crippen LogP contribution in [0, 0.1) is 0 Å². The Hall–Kier alpha value is -2.22. The highest BCUT2D eigenvalue weighted by molar-refractivity contribution is 5.92. The first-order chi connectivity index (χ1) is 11.7. The normalized spacial score (nSPS) is 20.2. The van der Waals surface area contributed by atoms with Crippen molar-refractivity contribution >= 4 is 5.91 Å². The van der Waals surface area contributed by atoms with Gasteiger partial charge in [0.1, 0.15) is 12.4 Å². The quantitative estimate of drug-likeness (QED) is 0.831. The molecule has 2 aromatic rings. The van der Waals surface area contributed by atoms with Crippen molar-refractivity contribution in [3.63, 3.8) is 0 Å². The number of fused-ring (bicyclic) bond motifs is 1. The molecule has 128 valence electrons. The third-order valence-electron chi connectivity index (χ3n) is 4.69. The van der Waals surface area contributed by atoms with E-state index in [9.17, 15) is 4.79 Å². The second-order valence-electron chi connectivity index (χ2n) is 6.33. The number of amides is 1. The average molecular weight is 331 g/mol. The van der Waals surface area contributed by atoms with Gasteiger partial charge in [0.05, 0.1) is 6.04 Å². The Balaban J connectivity index is 1.52. The molecule has 1 aliphatic carbocycles. The lowest BCUT2D eigenvalue weighted by Crippen LogP contribution is -2.41. The fraction of sp³-hybridized carbons (Fsp3) is 0.625. The van der Waals surface area contributed by atoms with Crippen LogP contribution in [0.1, 0.15) is 66.5 Å². The van der Waals surface area contributed by atoms with Crippen LogP contribution in [0.2, 0.25) is 0 Å². The van der Waals surface area contributed by atoms with Gasteiger partial charge in [0.15, 0.2) is 17.3 Å². The predicted molar refractivity (Wildman–Crippen MR) is 83.3 cm³/mol. The first-order valence-electron chi connectivity index (χ1n) is 8.46. The van der Waals surface area contributed by atoms with Crippen LogP contribution in [0.15, 0.2) is 10.6 Å². The molecule has 0 saturated heterocycles. The van der Waals surface area contributed by atoms with E-state index in [-0.39, 0.29) is 11.9 Å². The minimum Gasteiger partial charge on any atom is -0.374 e. The van der Waals surface area contributed by atoms with E-state index < -0.39 is 0 Å². The van der Waals surface area contributed by atoms with Gasteiger partial charge in [0.25, 0.3) is 5.91 Å². The number of carbonyl (C=O) groups excluding carboxylic acids is 1. The van der Waals surface area contributed by atoms with Crippen LogP contribution in [-0.2, 0) is 17.9 Å². The third kappa shape index (κ3) is 2.60. The van der Waals surface area contributed by atoms with Crippen molar-refractivity contribution in [3.05, 3.63) is 29.2 Å². The second-order valence-corrected chi connectivity index (χ2v) is 6.33. The largest absolute Gasteiger partial charge is 0.374 e. The Labute approximate surface area is 139 Å². The smallest absolute Gasteiger partial charge is 0.276 e. The van der Waals surface area contributed by atoms with Gasteiger partial charge in [-0.15, -0.1) is 10.2 Å². The first-order valence-corrected chi connectivity index (χ1v) is 8.46. The Morgan fingerprint density at radius 1 is 1.38 bits per heavy atom. The van der Waals surface area contributed by atoms with Crippen LogP contribution in [0.4, 0.5) is 0 Å². The van der Waals surface area contributed by atoms with Crippen LogP contribution < -0.4 is 0 Å². The SMILES string of the molecule is CCOCc1nnc2n1CCN(C(=O)c1cc(C3CC3)on1)[C@@H]2C. The number of carbonyl (C=O) groups is 1. The van der Waals surface area contributed by atoms with Gasteiger partial charge in [-0.05, 0) is 26.7 Å². The molecule has 0 N–H and O–H groups in total. The zero-order valence-corrected chi connectivity index (χ0v) is 13.9. The maximum Gasteiger partial charge on any atom is 0.276 e. The monoisotopic (exact) mass is 331 g/mol. The lowest BCUT2D eigenvalue weighted by Gasteiger charge is -2.33. The molecule has 1 atom stereocenters. The minimum absolute atomic E-state index is 0.112. The summed E-state index contributed by atoms with van der Waals surface area (Å²) in [5.74, 6) is 2.75. The summed E-state index contributed by atoms with van der Waals surface area (Å²) < 4.78 is 12.8. The maximum absolute atomic E-state index is 12.8. The van der Waals surface area contributed by atoms with E-state index in [0.29, 0.717) is 37.9 Å². The number of rotatable bonds is 5. The van der Waals surface area contributed by atoms with Crippen molar-refractivity contribution < 1.29 is 14.1 Å². The van der Waals surface area contributed by atoms with Gasteiger partial charge in [0.2, 0.25) is 0 Å². The first kappa shape index (κ1) is 15.3. The summed E-state index contributed by atoms with van der Waals surface area (Å²) in [5, 5.41) is 12.4. The molecule has 0 bridgehead atoms. The molecule has 1 aliphatic heterocycles. The van der Waals surface area contributed by atoms with Crippen molar-refractivity contribution in [2.75, 3.05) is 13.2 Å². The summed E-state index contributed by atoms with van der Waals surface area (Å²) in [4.78, 5) is 14.6. The van der Waals surface area contributed by atoms with Crippen LogP contribution in [0.25, 0.3) is 0 Å². The molecule has 1 saturated carbocycles. The van der Waals surface area contributed by atoms with E-state index in [0.717, 1.165) is 30.3 Å². The summed E-state index contributed by atoms with van der Waals surface area (Å²) in [6.07, 6.45) is 2.24. The van der Waals surface area contributed by atoms with Gasteiger partial charge >= 0.3 is 0 Å². The van der Waals surface area contributed by atoms with E-state index >= 15 is 0 Å². The molecule has 2 aromatic heterocycles. The summed E-state index contributed by atoms with van der Waals surface area (Å²) in [6, 6.07) is 1.63. The zero-order chi connectivity index (χ0) is 16.7. The molecule has 4 rings (SSSR count). The number of aromatic nitrogens is 4. The number of hydrogen-bond donors (Lipinski definition) is 0. The van der Waals surface area contributed by atoms with Gasteiger partial charge in [-0.1, -0.05) is 5.16 Å². The minimum atomic E-state index is -0.157. The van der Waals surface area contributed by atoms with Crippen molar-refractivity contribution in [2.45, 2.75) is 51.8 Å². The van der Waals surface area contributed by atoms with Crippen molar-refractivity contribution in [1.29, 1.82) is 0 Å². The standard InChI is InChI=1S/C16H21N5O3/c1-3-23-9-14-17-18-15-10(2)20(6-7-21(14)15)16(22)12-8-13(24-19-12)11-4-5-11/h8,10-11H,3-7,9H2,1-2H3/t10-/m1/s1. The molecule has 1 fully saturated rings. The Bertz CT molecular complexity index is 749. The molecule has 24 heavy (non-hydrogen) atoms. The van der Waals surface area contributed by atoms with Gasteiger partial charge in [-0.3, -0.25) is 4.79 Å². The van der Waals surface area contributed by atoms with E-state index in [1.54, 1.807) is 11.0 Å². The molecule has 8 nitrogen and oxygen atoms in total. The molecule has 3 heterocycles. The molecular formula is C16H21N5O3. The van der Waals surface area contributed by atoms with Gasteiger partial charge in [-0.25, -0.2) is 0 Å². The van der Waals surface area contributed by atoms with E-state index in [1.807, 2.05) is 18.4 Å². The number of hydrogen-bond acceptors (Lipinski definition) is 6. The molecule has 8 heteroatoms. The highest BCUT2D eigenvalue weighted by Gasteiger charge is 2.34. The van der Waals surface area contributed by atoms with Crippen LogP contribution >= 0.6 is 0 Å². The summed E-state index contributed by atoms with van der Waals surface area (Å²) in [7, 11) is 0. The Kier molecular flexibility index (Phi) is 3.84. The molecule has 1 amide bonds. The fourth-order valence-corrected chi connectivity index (χ4v) is 3.12. The third-order valence-corrected chi connectivity index (χ3v) is 4.69. The second kappa shape index (κ2) is 6.01. The molecule has 0 unspecified atom stereocenters. The molecule has 0 spiro atoms. The lowest BCUT2D eigenvalue weighted by atomic mass is 10.1. The van der Waals surface area contributed by atoms with Crippen molar-refractivity contribution in [1.82, 2.24) is 24.8 Å². The van der Waals surface area contributed by atoms with Gasteiger partial charge in [0, 0.05) is 31.7 Å². The van der Waals surface area contributed by atoms with Gasteiger partial charge < -0.3 is 18.7 Å². The van der Waals surface area contributed by atoms with Crippen molar-refractivity contribution in [3.8, 4) is 0 Å². The molecule has 0 radical (unpaired) electrons. The number of ether oxygens (including phenoxy) is 1. The van der Waals surface area contributed by atoms with E-state index in [4.69, 9.17) is 9.26 Å². The molecular weight excluding hydrogens is 310 g/mol. The van der Waals surface area contributed by atoms with Crippen LogP contribution in [0.5, 0.6) is 0 Å². The maximum atomic E-state index is 12.8. The van der Waals surface area contributed by atoms with E-state index in [1.165, 1.54) is 0 Å². The summed E-state index contributed by atoms with van der Waals surface area (Å²) in [5.41, 5.74) is 0.381. The summed E-state index contributed by atoms with van der Waals surface area (Å²) in [6.45, 7) is 6.24. The predicted octanol–water partition coefficient (Wildman–Crippen LogP) is 1.90. The highest BCUT2D eigenvalue weighted by atomic mass is 16.5. The summed E-state index contributed by atoms with van der Waals surface area (Å²) >= 11 is 0. The highest BCUT2D eigenvalue weighted by Crippen LogP contribution is 2.40. The molecule has 2 aliphatic rings. The van der Waals surface area contributed by atoms with E-state index in [2.05, 4.69) is 15.4 Å². The topological polar surface area (TPSA) is 86.3 Å². The van der Waals surface area contributed by atoms with Crippen molar-refractivity contribution in [2.24, 2.45) is 0 Å². The fourth-order valence-electron chi connectivity index (χ4n) is 3.12. The van der Waals surface area contributed by atoms with Crippen LogP contribution in [0.3, 0.4) is 0 Å². The lowest BCUT2D eigenvalue weighted by molar-refractivity contribution is 0.0619. The number of nitrogens with zero attached hydrogens (tertiary/aromatic N) is 5. The Morgan fingerprint density at radius 3 is 2.96 bits per heavy atom.